The van der Waals surface area contributed by atoms with Crippen molar-refractivity contribution in [2.24, 2.45) is 0 Å². The molecule has 0 radical (unpaired) electrons. The minimum atomic E-state index is -3.45. The Morgan fingerprint density at radius 2 is 1.85 bits per heavy atom. The van der Waals surface area contributed by atoms with Crippen molar-refractivity contribution in [2.45, 2.75) is 43.3 Å². The Bertz CT molecular complexity index is 1060. The van der Waals surface area contributed by atoms with Gasteiger partial charge in [0.1, 0.15) is 6.10 Å². The van der Waals surface area contributed by atoms with Crippen molar-refractivity contribution in [1.29, 1.82) is 0 Å². The molecule has 0 aromatic heterocycles. The number of fused-ring (bicyclic) bond motifs is 1. The maximum absolute atomic E-state index is 12.7. The fourth-order valence-corrected chi connectivity index (χ4v) is 5.18. The van der Waals surface area contributed by atoms with E-state index in [4.69, 9.17) is 14.2 Å². The van der Waals surface area contributed by atoms with E-state index in [1.807, 2.05) is 6.07 Å². The first-order valence-corrected chi connectivity index (χ1v) is 12.6. The summed E-state index contributed by atoms with van der Waals surface area (Å²) in [5.74, 6) is 0.763. The SMILES string of the molecule is O=C(N[C@H]1CC[C@@H](CCNS(=O)(=O)Cc2ccccc2)O[C@@H]1CO)c1ccc2c(c1)OCO2. The minimum absolute atomic E-state index is 0.0768. The van der Waals surface area contributed by atoms with Gasteiger partial charge in [-0.2, -0.15) is 0 Å². The Morgan fingerprint density at radius 3 is 2.64 bits per heavy atom. The number of carbonyl (C=O) groups excluding carboxylic acids is 1. The van der Waals surface area contributed by atoms with Crippen LogP contribution >= 0.6 is 0 Å². The molecule has 9 nitrogen and oxygen atoms in total. The normalized spacial score (nSPS) is 22.2. The van der Waals surface area contributed by atoms with Crippen LogP contribution in [0.2, 0.25) is 0 Å². The highest BCUT2D eigenvalue weighted by Crippen LogP contribution is 2.32. The van der Waals surface area contributed by atoms with Crippen LogP contribution in [0.15, 0.2) is 48.5 Å². The second kappa shape index (κ2) is 10.5. The van der Waals surface area contributed by atoms with Gasteiger partial charge in [-0.3, -0.25) is 4.79 Å². The number of hydrogen-bond acceptors (Lipinski definition) is 7. The van der Waals surface area contributed by atoms with Gasteiger partial charge in [-0.1, -0.05) is 30.3 Å². The van der Waals surface area contributed by atoms with Crippen molar-refractivity contribution in [1.82, 2.24) is 10.0 Å². The number of ether oxygens (including phenoxy) is 3. The molecule has 1 amide bonds. The van der Waals surface area contributed by atoms with Gasteiger partial charge in [0.15, 0.2) is 11.5 Å². The van der Waals surface area contributed by atoms with E-state index in [-0.39, 0.29) is 43.8 Å². The summed E-state index contributed by atoms with van der Waals surface area (Å²) in [4.78, 5) is 12.7. The van der Waals surface area contributed by atoms with Gasteiger partial charge >= 0.3 is 0 Å². The van der Waals surface area contributed by atoms with E-state index in [0.717, 1.165) is 5.56 Å². The lowest BCUT2D eigenvalue weighted by atomic mass is 9.96. The average Bonchev–Trinajstić information content (AvgIpc) is 3.28. The zero-order valence-corrected chi connectivity index (χ0v) is 18.9. The van der Waals surface area contributed by atoms with E-state index in [2.05, 4.69) is 10.0 Å². The van der Waals surface area contributed by atoms with Crippen LogP contribution < -0.4 is 19.5 Å². The fourth-order valence-electron chi connectivity index (χ4n) is 4.02. The molecule has 3 atom stereocenters. The lowest BCUT2D eigenvalue weighted by Crippen LogP contribution is -2.51. The molecule has 4 rings (SSSR count). The smallest absolute Gasteiger partial charge is 0.251 e. The monoisotopic (exact) mass is 476 g/mol. The van der Waals surface area contributed by atoms with Gasteiger partial charge in [-0.05, 0) is 43.0 Å². The molecular weight excluding hydrogens is 448 g/mol. The van der Waals surface area contributed by atoms with E-state index in [1.165, 1.54) is 0 Å². The first-order chi connectivity index (χ1) is 15.9. The lowest BCUT2D eigenvalue weighted by Gasteiger charge is -2.36. The third-order valence-corrected chi connectivity index (χ3v) is 7.09. The Labute approximate surface area is 193 Å². The van der Waals surface area contributed by atoms with E-state index in [0.29, 0.717) is 36.3 Å². The molecule has 2 heterocycles. The molecule has 33 heavy (non-hydrogen) atoms. The van der Waals surface area contributed by atoms with Crippen molar-refractivity contribution in [3.05, 3.63) is 59.7 Å². The molecule has 0 unspecified atom stereocenters. The highest BCUT2D eigenvalue weighted by Gasteiger charge is 2.32. The van der Waals surface area contributed by atoms with Gasteiger partial charge in [0, 0.05) is 12.1 Å². The summed E-state index contributed by atoms with van der Waals surface area (Å²) in [7, 11) is -3.45. The van der Waals surface area contributed by atoms with Crippen LogP contribution in [0.1, 0.15) is 35.2 Å². The van der Waals surface area contributed by atoms with E-state index in [9.17, 15) is 18.3 Å². The third-order valence-electron chi connectivity index (χ3n) is 5.73. The number of aliphatic hydroxyl groups is 1. The van der Waals surface area contributed by atoms with Gasteiger partial charge in [0.25, 0.3) is 5.91 Å². The molecule has 0 spiro atoms. The van der Waals surface area contributed by atoms with Crippen LogP contribution in [0.3, 0.4) is 0 Å². The van der Waals surface area contributed by atoms with Gasteiger partial charge in [-0.25, -0.2) is 13.1 Å². The molecule has 2 aliphatic rings. The van der Waals surface area contributed by atoms with Crippen molar-refractivity contribution in [3.63, 3.8) is 0 Å². The summed E-state index contributed by atoms with van der Waals surface area (Å²) in [5.41, 5.74) is 1.16. The molecule has 1 saturated heterocycles. The predicted octanol–water partition coefficient (Wildman–Crippen LogP) is 1.56. The number of aliphatic hydroxyl groups excluding tert-OH is 1. The summed E-state index contributed by atoms with van der Waals surface area (Å²) < 4.78 is 43.7. The first-order valence-electron chi connectivity index (χ1n) is 10.9. The molecule has 3 N–H and O–H groups in total. The highest BCUT2D eigenvalue weighted by atomic mass is 32.2. The quantitative estimate of drug-likeness (QED) is 0.502. The molecular formula is C23H28N2O7S. The molecule has 178 valence electrons. The summed E-state index contributed by atoms with van der Waals surface area (Å²) in [6.45, 7) is 0.127. The van der Waals surface area contributed by atoms with Crippen LogP contribution in [0.25, 0.3) is 0 Å². The largest absolute Gasteiger partial charge is 0.454 e. The molecule has 2 aromatic carbocycles. The zero-order chi connectivity index (χ0) is 23.3. The predicted molar refractivity (Wildman–Crippen MR) is 120 cm³/mol. The van der Waals surface area contributed by atoms with E-state index >= 15 is 0 Å². The van der Waals surface area contributed by atoms with Crippen LogP contribution in [0.5, 0.6) is 11.5 Å². The second-order valence-corrected chi connectivity index (χ2v) is 9.94. The summed E-state index contributed by atoms with van der Waals surface area (Å²) in [6, 6.07) is 13.6. The van der Waals surface area contributed by atoms with Gasteiger partial charge in [0.05, 0.1) is 24.5 Å². The van der Waals surface area contributed by atoms with Crippen LogP contribution in [-0.2, 0) is 20.5 Å². The van der Waals surface area contributed by atoms with Crippen LogP contribution in [0, 0.1) is 0 Å². The average molecular weight is 477 g/mol. The van der Waals surface area contributed by atoms with Gasteiger partial charge in [-0.15, -0.1) is 0 Å². The summed E-state index contributed by atoms with van der Waals surface area (Å²) in [6.07, 6.45) is 0.960. The van der Waals surface area contributed by atoms with Gasteiger partial charge in [0.2, 0.25) is 16.8 Å². The highest BCUT2D eigenvalue weighted by molar-refractivity contribution is 7.88. The number of amides is 1. The van der Waals surface area contributed by atoms with Crippen molar-refractivity contribution in [3.8, 4) is 11.5 Å². The Balaban J connectivity index is 1.25. The number of nitrogens with one attached hydrogen (secondary N) is 2. The van der Waals surface area contributed by atoms with Crippen molar-refractivity contribution < 1.29 is 32.5 Å². The number of benzene rings is 2. The van der Waals surface area contributed by atoms with Crippen LogP contribution in [-0.4, -0.2) is 57.6 Å². The third kappa shape index (κ3) is 6.23. The molecule has 1 fully saturated rings. The molecule has 0 bridgehead atoms. The van der Waals surface area contributed by atoms with E-state index in [1.54, 1.807) is 42.5 Å². The molecule has 2 aromatic rings. The molecule has 0 aliphatic carbocycles. The summed E-state index contributed by atoms with van der Waals surface area (Å²) in [5, 5.41) is 12.7. The maximum atomic E-state index is 12.7. The standard InChI is InChI=1S/C23H28N2O7S/c26-13-22-19(25-23(27)17-6-9-20-21(12-17)31-15-30-20)8-7-18(32-22)10-11-24-33(28,29)14-16-4-2-1-3-5-16/h1-6,9,12,18-19,22,24,26H,7-8,10-11,13-15H2,(H,25,27)/t18-,19-,22+/m0/s1. The first kappa shape index (κ1) is 23.5. The Kier molecular flexibility index (Phi) is 7.49. The number of hydrogen-bond donors (Lipinski definition) is 3. The van der Waals surface area contributed by atoms with E-state index < -0.39 is 16.1 Å². The maximum Gasteiger partial charge on any atom is 0.251 e. The topological polar surface area (TPSA) is 123 Å². The lowest BCUT2D eigenvalue weighted by molar-refractivity contribution is -0.0891. The molecule has 10 heteroatoms. The number of carbonyl (C=O) groups is 1. The Morgan fingerprint density at radius 1 is 1.06 bits per heavy atom. The minimum Gasteiger partial charge on any atom is -0.454 e. The van der Waals surface area contributed by atoms with Crippen molar-refractivity contribution in [2.75, 3.05) is 19.9 Å². The Hall–Kier alpha value is -2.66. The zero-order valence-electron chi connectivity index (χ0n) is 18.1. The van der Waals surface area contributed by atoms with Crippen LogP contribution in [0.4, 0.5) is 0 Å². The number of sulfonamides is 1. The fraction of sp³-hybridized carbons (Fsp3) is 0.435. The molecule has 2 aliphatic heterocycles. The number of rotatable bonds is 9. The van der Waals surface area contributed by atoms with Gasteiger partial charge < -0.3 is 24.6 Å². The summed E-state index contributed by atoms with van der Waals surface area (Å²) >= 11 is 0. The van der Waals surface area contributed by atoms with Crippen molar-refractivity contribution >= 4 is 15.9 Å². The second-order valence-electron chi connectivity index (χ2n) is 8.13. The molecule has 0 saturated carbocycles.